The minimum absolute atomic E-state index is 0.152. The van der Waals surface area contributed by atoms with E-state index in [1.54, 1.807) is 6.20 Å². The molecule has 2 aliphatic heterocycles. The summed E-state index contributed by atoms with van der Waals surface area (Å²) < 4.78 is 5.77. The molecule has 1 N–H and O–H groups in total. The minimum Gasteiger partial charge on any atom is -0.477 e. The van der Waals surface area contributed by atoms with Crippen molar-refractivity contribution in [3.8, 4) is 17.1 Å². The second-order valence-electron chi connectivity index (χ2n) is 9.32. The molecule has 0 radical (unpaired) electrons. The van der Waals surface area contributed by atoms with Gasteiger partial charge in [0.15, 0.2) is 0 Å². The number of ether oxygens (including phenoxy) is 1. The number of pyridine rings is 2. The Morgan fingerprint density at radius 1 is 1.09 bits per heavy atom. The number of hydrogen-bond acceptors (Lipinski definition) is 5. The molecular formula is C28H34N4O. The Kier molecular flexibility index (Phi) is 6.43. The lowest BCUT2D eigenvalue weighted by Gasteiger charge is -2.50. The van der Waals surface area contributed by atoms with Crippen molar-refractivity contribution >= 4 is 0 Å². The zero-order valence-electron chi connectivity index (χ0n) is 19.8. The molecule has 0 aliphatic carbocycles. The monoisotopic (exact) mass is 442 g/mol. The fourth-order valence-electron chi connectivity index (χ4n) is 5.81. The third-order valence-corrected chi connectivity index (χ3v) is 7.45. The van der Waals surface area contributed by atoms with E-state index >= 15 is 0 Å². The SMILES string of the molecule is CCOc1ncccc1-c1ccc2c(n1)CNC[C@]21CCN(Cc2ccccc2)C[C@H]1CC. The highest BCUT2D eigenvalue weighted by Gasteiger charge is 2.46. The summed E-state index contributed by atoms with van der Waals surface area (Å²) in [6, 6.07) is 19.4. The van der Waals surface area contributed by atoms with E-state index in [0.717, 1.165) is 50.4 Å². The Morgan fingerprint density at radius 3 is 2.79 bits per heavy atom. The molecule has 172 valence electrons. The van der Waals surface area contributed by atoms with Gasteiger partial charge in [-0.25, -0.2) is 4.98 Å². The molecule has 1 saturated heterocycles. The molecule has 2 atom stereocenters. The van der Waals surface area contributed by atoms with Crippen molar-refractivity contribution < 1.29 is 4.74 Å². The van der Waals surface area contributed by atoms with Crippen molar-refractivity contribution in [2.24, 2.45) is 5.92 Å². The van der Waals surface area contributed by atoms with Crippen LogP contribution < -0.4 is 10.1 Å². The third kappa shape index (κ3) is 4.28. The van der Waals surface area contributed by atoms with Crippen molar-refractivity contribution in [3.63, 3.8) is 0 Å². The summed E-state index contributed by atoms with van der Waals surface area (Å²) in [7, 11) is 0. The fraction of sp³-hybridized carbons (Fsp3) is 0.429. The third-order valence-electron chi connectivity index (χ3n) is 7.45. The summed E-state index contributed by atoms with van der Waals surface area (Å²) in [4.78, 5) is 12.2. The Labute approximate surface area is 197 Å². The summed E-state index contributed by atoms with van der Waals surface area (Å²) in [5.74, 6) is 1.26. The first kappa shape index (κ1) is 22.1. The molecule has 5 rings (SSSR count). The van der Waals surface area contributed by atoms with Gasteiger partial charge in [-0.3, -0.25) is 9.88 Å². The number of likely N-dealkylation sites (tertiary alicyclic amines) is 1. The summed E-state index contributed by atoms with van der Waals surface area (Å²) in [5, 5.41) is 3.72. The van der Waals surface area contributed by atoms with Gasteiger partial charge >= 0.3 is 0 Å². The number of fused-ring (bicyclic) bond motifs is 2. The quantitative estimate of drug-likeness (QED) is 0.593. The van der Waals surface area contributed by atoms with E-state index in [1.165, 1.54) is 23.2 Å². The molecule has 2 aliphatic rings. The second kappa shape index (κ2) is 9.62. The van der Waals surface area contributed by atoms with Crippen LogP contribution in [0.2, 0.25) is 0 Å². The lowest BCUT2D eigenvalue weighted by Crippen LogP contribution is -2.56. The molecule has 3 aromatic rings. The van der Waals surface area contributed by atoms with E-state index in [2.05, 4.69) is 70.7 Å². The first-order chi connectivity index (χ1) is 16.2. The van der Waals surface area contributed by atoms with Crippen molar-refractivity contribution in [1.29, 1.82) is 0 Å². The highest BCUT2D eigenvalue weighted by atomic mass is 16.5. The molecule has 1 fully saturated rings. The van der Waals surface area contributed by atoms with Gasteiger partial charge in [-0.2, -0.15) is 0 Å². The van der Waals surface area contributed by atoms with E-state index < -0.39 is 0 Å². The summed E-state index contributed by atoms with van der Waals surface area (Å²) in [6.45, 7) is 10.1. The zero-order chi connectivity index (χ0) is 22.7. The summed E-state index contributed by atoms with van der Waals surface area (Å²) >= 11 is 0. The molecule has 0 saturated carbocycles. The number of benzene rings is 1. The van der Waals surface area contributed by atoms with Gasteiger partial charge in [0.05, 0.1) is 23.6 Å². The molecule has 0 unspecified atom stereocenters. The number of piperidine rings is 1. The van der Waals surface area contributed by atoms with Crippen molar-refractivity contribution in [3.05, 3.63) is 77.6 Å². The first-order valence-corrected chi connectivity index (χ1v) is 12.3. The van der Waals surface area contributed by atoms with Crippen LogP contribution in [0.1, 0.15) is 43.5 Å². The standard InChI is InChI=1S/C28H34N4O/c1-3-22-19-32(18-21-9-6-5-7-10-21)16-14-28(22)20-29-17-26-24(28)12-13-25(31-26)23-11-8-15-30-27(23)33-4-2/h5-13,15,22,29H,3-4,14,16-20H2,1-2H3/t22-,28+/m1/s1. The van der Waals surface area contributed by atoms with Crippen LogP contribution in [0.5, 0.6) is 5.88 Å². The molecule has 0 bridgehead atoms. The highest BCUT2D eigenvalue weighted by Crippen LogP contribution is 2.45. The molecule has 1 spiro atoms. The molecule has 2 aromatic heterocycles. The van der Waals surface area contributed by atoms with Gasteiger partial charge in [0, 0.05) is 37.8 Å². The molecular weight excluding hydrogens is 408 g/mol. The lowest BCUT2D eigenvalue weighted by atomic mass is 9.63. The molecule has 1 aromatic carbocycles. The van der Waals surface area contributed by atoms with E-state index in [9.17, 15) is 0 Å². The summed E-state index contributed by atoms with van der Waals surface area (Å²) in [6.07, 6.45) is 4.11. The topological polar surface area (TPSA) is 50.3 Å². The number of nitrogens with zero attached hydrogens (tertiary/aromatic N) is 3. The van der Waals surface area contributed by atoms with Crippen LogP contribution in [0.4, 0.5) is 0 Å². The maximum absolute atomic E-state index is 5.77. The maximum Gasteiger partial charge on any atom is 0.222 e. The number of hydrogen-bond donors (Lipinski definition) is 1. The summed E-state index contributed by atoms with van der Waals surface area (Å²) in [5.41, 5.74) is 6.08. The Bertz CT molecular complexity index is 1090. The maximum atomic E-state index is 5.77. The zero-order valence-corrected chi connectivity index (χ0v) is 19.8. The van der Waals surface area contributed by atoms with Crippen molar-refractivity contribution in [2.45, 2.75) is 45.2 Å². The van der Waals surface area contributed by atoms with E-state index in [1.807, 2.05) is 13.0 Å². The van der Waals surface area contributed by atoms with Gasteiger partial charge in [0.1, 0.15) is 0 Å². The van der Waals surface area contributed by atoms with E-state index in [4.69, 9.17) is 9.72 Å². The second-order valence-corrected chi connectivity index (χ2v) is 9.32. The van der Waals surface area contributed by atoms with Crippen LogP contribution in [-0.2, 0) is 18.5 Å². The Morgan fingerprint density at radius 2 is 1.97 bits per heavy atom. The number of rotatable bonds is 6. The first-order valence-electron chi connectivity index (χ1n) is 12.3. The number of nitrogens with one attached hydrogen (secondary N) is 1. The molecule has 0 amide bonds. The van der Waals surface area contributed by atoms with Crippen LogP contribution >= 0.6 is 0 Å². The molecule has 4 heterocycles. The van der Waals surface area contributed by atoms with Gasteiger partial charge in [-0.1, -0.05) is 49.7 Å². The highest BCUT2D eigenvalue weighted by molar-refractivity contribution is 5.65. The Balaban J connectivity index is 1.43. The van der Waals surface area contributed by atoms with E-state index in [-0.39, 0.29) is 5.41 Å². The minimum atomic E-state index is 0.152. The van der Waals surface area contributed by atoms with Gasteiger partial charge in [-0.05, 0) is 55.1 Å². The van der Waals surface area contributed by atoms with Gasteiger partial charge in [0.2, 0.25) is 5.88 Å². The largest absolute Gasteiger partial charge is 0.477 e. The molecule has 5 nitrogen and oxygen atoms in total. The Hall–Kier alpha value is -2.76. The average molecular weight is 443 g/mol. The predicted octanol–water partition coefficient (Wildman–Crippen LogP) is 4.82. The smallest absolute Gasteiger partial charge is 0.222 e. The fourth-order valence-corrected chi connectivity index (χ4v) is 5.81. The van der Waals surface area contributed by atoms with Crippen LogP contribution in [-0.4, -0.2) is 41.1 Å². The molecule has 5 heteroatoms. The normalized spacial score (nSPS) is 22.8. The van der Waals surface area contributed by atoms with Crippen molar-refractivity contribution in [1.82, 2.24) is 20.2 Å². The van der Waals surface area contributed by atoms with Crippen LogP contribution in [0.25, 0.3) is 11.3 Å². The van der Waals surface area contributed by atoms with Crippen LogP contribution in [0.15, 0.2) is 60.8 Å². The van der Waals surface area contributed by atoms with Gasteiger partial charge in [0.25, 0.3) is 0 Å². The van der Waals surface area contributed by atoms with Crippen LogP contribution in [0, 0.1) is 5.92 Å². The van der Waals surface area contributed by atoms with E-state index in [0.29, 0.717) is 18.4 Å². The van der Waals surface area contributed by atoms with Crippen LogP contribution in [0.3, 0.4) is 0 Å². The predicted molar refractivity (Wildman–Crippen MR) is 132 cm³/mol. The molecule has 33 heavy (non-hydrogen) atoms. The average Bonchev–Trinajstić information content (AvgIpc) is 2.86. The van der Waals surface area contributed by atoms with Gasteiger partial charge in [-0.15, -0.1) is 0 Å². The lowest BCUT2D eigenvalue weighted by molar-refractivity contribution is 0.0751. The van der Waals surface area contributed by atoms with Crippen molar-refractivity contribution in [2.75, 3.05) is 26.2 Å². The van der Waals surface area contributed by atoms with Gasteiger partial charge < -0.3 is 10.1 Å². The number of aromatic nitrogens is 2.